The first-order valence-electron chi connectivity index (χ1n) is 18.5. The summed E-state index contributed by atoms with van der Waals surface area (Å²) in [6.07, 6.45) is 8.01. The number of amidine groups is 1. The highest BCUT2D eigenvalue weighted by Crippen LogP contribution is 2.57. The van der Waals surface area contributed by atoms with Crippen LogP contribution in [-0.4, -0.2) is 65.9 Å². The number of carbonyl (C=O) groups excluding carboxylic acids is 2. The minimum Gasteiger partial charge on any atom is -0.508 e. The van der Waals surface area contributed by atoms with Gasteiger partial charge in [0.25, 0.3) is 0 Å². The van der Waals surface area contributed by atoms with Crippen molar-refractivity contribution in [3.63, 3.8) is 0 Å². The average Bonchev–Trinajstić information content (AvgIpc) is 3.79. The van der Waals surface area contributed by atoms with Crippen LogP contribution in [0.3, 0.4) is 0 Å². The molecule has 2 aromatic rings. The van der Waals surface area contributed by atoms with E-state index in [1.165, 1.54) is 11.1 Å². The molecular weight excluding hydrogens is 598 g/mol. The highest BCUT2D eigenvalue weighted by atomic mass is 16.3. The van der Waals surface area contributed by atoms with Gasteiger partial charge in [0.2, 0.25) is 11.8 Å². The Kier molecular flexibility index (Phi) is 11.5. The van der Waals surface area contributed by atoms with Crippen molar-refractivity contribution in [1.82, 2.24) is 15.5 Å². The van der Waals surface area contributed by atoms with Gasteiger partial charge in [-0.2, -0.15) is 0 Å². The second kappa shape index (κ2) is 15.4. The van der Waals surface area contributed by atoms with E-state index in [0.29, 0.717) is 43.1 Å². The minimum absolute atomic E-state index is 0.0254. The largest absolute Gasteiger partial charge is 0.508 e. The lowest BCUT2D eigenvalue weighted by Crippen LogP contribution is -2.58. The zero-order chi connectivity index (χ0) is 34.5. The maximum atomic E-state index is 14.4. The van der Waals surface area contributed by atoms with E-state index in [2.05, 4.69) is 73.3 Å². The number of phenols is 1. The normalized spacial score (nSPS) is 27.3. The molecule has 2 fully saturated rings. The fourth-order valence-corrected chi connectivity index (χ4v) is 8.47. The van der Waals surface area contributed by atoms with E-state index < -0.39 is 11.5 Å². The molecule has 8 nitrogen and oxygen atoms in total. The Morgan fingerprint density at radius 3 is 2.62 bits per heavy atom. The van der Waals surface area contributed by atoms with Gasteiger partial charge in [0.05, 0.1) is 11.3 Å². The number of hydrogen-bond donors (Lipinski definition) is 4. The molecule has 262 valence electrons. The van der Waals surface area contributed by atoms with Crippen LogP contribution >= 0.6 is 0 Å². The quantitative estimate of drug-likeness (QED) is 0.103. The molecule has 1 aliphatic heterocycles. The Morgan fingerprint density at radius 1 is 1.12 bits per heavy atom. The molecule has 0 unspecified atom stereocenters. The van der Waals surface area contributed by atoms with Crippen LogP contribution in [0.25, 0.3) is 0 Å². The van der Waals surface area contributed by atoms with Crippen molar-refractivity contribution in [2.24, 2.45) is 28.5 Å². The van der Waals surface area contributed by atoms with E-state index >= 15 is 0 Å². The lowest BCUT2D eigenvalue weighted by atomic mass is 9.59. The fourth-order valence-electron chi connectivity index (χ4n) is 8.47. The summed E-state index contributed by atoms with van der Waals surface area (Å²) < 4.78 is 0. The minimum atomic E-state index is -0.644. The first-order chi connectivity index (χ1) is 23.0. The average molecular weight is 658 g/mol. The van der Waals surface area contributed by atoms with Gasteiger partial charge in [-0.25, -0.2) is 0 Å². The van der Waals surface area contributed by atoms with Gasteiger partial charge < -0.3 is 21.5 Å². The molecule has 2 aliphatic carbocycles. The van der Waals surface area contributed by atoms with Gasteiger partial charge in [-0.05, 0) is 103 Å². The zero-order valence-corrected chi connectivity index (χ0v) is 29.9. The Morgan fingerprint density at radius 2 is 1.90 bits per heavy atom. The zero-order valence-electron chi connectivity index (χ0n) is 29.9. The molecule has 0 aromatic heterocycles. The standard InChI is InChI=1S/C40H59N5O3/c1-6-7-15-36(41)42-19-11-12-20-43-37(47)34(22-27(2)3)44-38(48)40(30-13-9-8-10-14-30)25-31(40)26-45-21-18-39(5)28(4)35(45)23-29-16-17-32(46)24-33(29)39/h8-10,13-14,16-17,24,27-28,31,34-35,46H,6-7,11-12,15,18-23,25-26H2,1-5H3,(H2,41,42)(H,43,47)(H,44,48)/t28-,31-,34+,35+,39+,40+/m0/s1. The van der Waals surface area contributed by atoms with Gasteiger partial charge in [-0.15, -0.1) is 0 Å². The summed E-state index contributed by atoms with van der Waals surface area (Å²) in [6, 6.07) is 15.9. The van der Waals surface area contributed by atoms with Crippen LogP contribution in [-0.2, 0) is 26.8 Å². The lowest BCUT2D eigenvalue weighted by Gasteiger charge is -2.55. The molecule has 1 saturated heterocycles. The number of hydrogen-bond acceptors (Lipinski definition) is 5. The number of aliphatic imine (C=N–C) groups is 1. The fraction of sp³-hybridized carbons (Fsp3) is 0.625. The van der Waals surface area contributed by atoms with Crippen LogP contribution in [0, 0.1) is 17.8 Å². The molecule has 2 aromatic carbocycles. The molecule has 3 aliphatic rings. The number of nitrogens with zero attached hydrogens (tertiary/aromatic N) is 2. The molecule has 8 heteroatoms. The van der Waals surface area contributed by atoms with E-state index in [1.54, 1.807) is 0 Å². The van der Waals surface area contributed by atoms with Crippen molar-refractivity contribution >= 4 is 17.6 Å². The number of benzene rings is 2. The second-order valence-corrected chi connectivity index (χ2v) is 15.4. The van der Waals surface area contributed by atoms with Crippen molar-refractivity contribution in [3.8, 4) is 5.75 Å². The summed E-state index contributed by atoms with van der Waals surface area (Å²) in [6.45, 7) is 14.1. The number of piperidine rings is 1. The molecule has 0 spiro atoms. The van der Waals surface area contributed by atoms with Gasteiger partial charge in [0.1, 0.15) is 11.8 Å². The maximum absolute atomic E-state index is 14.4. The third-order valence-electron chi connectivity index (χ3n) is 11.7. The molecule has 5 N–H and O–H groups in total. The van der Waals surface area contributed by atoms with Crippen LogP contribution < -0.4 is 16.4 Å². The number of nitrogens with two attached hydrogens (primary N) is 1. The van der Waals surface area contributed by atoms with Gasteiger partial charge in [0.15, 0.2) is 0 Å². The van der Waals surface area contributed by atoms with E-state index in [4.69, 9.17) is 5.73 Å². The third-order valence-corrected chi connectivity index (χ3v) is 11.7. The number of amides is 2. The van der Waals surface area contributed by atoms with Gasteiger partial charge in [0, 0.05) is 32.1 Å². The summed E-state index contributed by atoms with van der Waals surface area (Å²) in [5.74, 6) is 1.77. The van der Waals surface area contributed by atoms with Crippen molar-refractivity contribution in [2.45, 2.75) is 115 Å². The summed E-state index contributed by atoms with van der Waals surface area (Å²) in [7, 11) is 0. The first kappa shape index (κ1) is 35.9. The summed E-state index contributed by atoms with van der Waals surface area (Å²) in [4.78, 5) is 34.9. The van der Waals surface area contributed by atoms with Gasteiger partial charge >= 0.3 is 0 Å². The van der Waals surface area contributed by atoms with Crippen LogP contribution in [0.2, 0.25) is 0 Å². The predicted molar refractivity (Wildman–Crippen MR) is 194 cm³/mol. The summed E-state index contributed by atoms with van der Waals surface area (Å²) >= 11 is 0. The van der Waals surface area contributed by atoms with Gasteiger partial charge in [-0.1, -0.05) is 77.4 Å². The molecule has 1 saturated carbocycles. The Balaban J connectivity index is 1.24. The van der Waals surface area contributed by atoms with E-state index in [1.807, 2.05) is 30.3 Å². The highest BCUT2D eigenvalue weighted by Gasteiger charge is 2.62. The Hall–Kier alpha value is -3.39. The monoisotopic (exact) mass is 657 g/mol. The van der Waals surface area contributed by atoms with Gasteiger partial charge in [-0.3, -0.25) is 19.5 Å². The van der Waals surface area contributed by atoms with Crippen molar-refractivity contribution < 1.29 is 14.7 Å². The van der Waals surface area contributed by atoms with E-state index in [-0.39, 0.29) is 29.1 Å². The number of fused-ring (bicyclic) bond motifs is 4. The number of carbonyl (C=O) groups is 2. The maximum Gasteiger partial charge on any atom is 0.242 e. The summed E-state index contributed by atoms with van der Waals surface area (Å²) in [5, 5.41) is 16.6. The molecule has 5 rings (SSSR count). The number of rotatable bonds is 16. The number of aromatic hydroxyl groups is 1. The van der Waals surface area contributed by atoms with Crippen molar-refractivity contribution in [3.05, 3.63) is 65.2 Å². The number of likely N-dealkylation sites (tertiary alicyclic amines) is 1. The highest BCUT2D eigenvalue weighted by molar-refractivity contribution is 5.95. The SMILES string of the molecule is CCCCC(N)=NCCCCNC(=O)[C@@H](CC(C)C)NC(=O)[C@@]1(c2ccccc2)C[C@H]1CN1CC[C@@]2(C)c3cc(O)ccc3C[C@@H]1[C@@H]2C. The van der Waals surface area contributed by atoms with Crippen LogP contribution in [0.1, 0.15) is 103 Å². The number of phenolic OH excluding ortho intramolecular Hbond substituents is 1. The number of unbranched alkanes of at least 4 members (excludes halogenated alkanes) is 2. The third kappa shape index (κ3) is 7.74. The van der Waals surface area contributed by atoms with Crippen LogP contribution in [0.15, 0.2) is 53.5 Å². The Labute approximate surface area is 288 Å². The van der Waals surface area contributed by atoms with E-state index in [9.17, 15) is 14.7 Å². The predicted octanol–water partition coefficient (Wildman–Crippen LogP) is 5.85. The molecule has 2 bridgehead atoms. The molecule has 6 atom stereocenters. The van der Waals surface area contributed by atoms with Crippen LogP contribution in [0.5, 0.6) is 5.75 Å². The second-order valence-electron chi connectivity index (χ2n) is 15.4. The lowest BCUT2D eigenvalue weighted by molar-refractivity contribution is -0.131. The van der Waals surface area contributed by atoms with Crippen molar-refractivity contribution in [1.29, 1.82) is 0 Å². The molecule has 2 amide bonds. The molecule has 1 heterocycles. The first-order valence-corrected chi connectivity index (χ1v) is 18.5. The van der Waals surface area contributed by atoms with E-state index in [0.717, 1.165) is 70.0 Å². The number of nitrogens with one attached hydrogen (secondary N) is 2. The van der Waals surface area contributed by atoms with Crippen molar-refractivity contribution in [2.75, 3.05) is 26.2 Å². The Bertz CT molecular complexity index is 1440. The molecule has 0 radical (unpaired) electrons. The molecule has 48 heavy (non-hydrogen) atoms. The topological polar surface area (TPSA) is 120 Å². The summed E-state index contributed by atoms with van der Waals surface area (Å²) in [5.41, 5.74) is 9.03. The smallest absolute Gasteiger partial charge is 0.242 e. The molecular formula is C40H59N5O3. The van der Waals surface area contributed by atoms with Crippen LogP contribution in [0.4, 0.5) is 0 Å².